The van der Waals surface area contributed by atoms with Crippen LogP contribution in [0.15, 0.2) is 29.3 Å². The number of fused-ring (bicyclic) bond motifs is 1. The zero-order valence-electron chi connectivity index (χ0n) is 14.7. The molecular formula is C19H29IN4. The fourth-order valence-corrected chi connectivity index (χ4v) is 3.52. The number of nitrogens with one attached hydrogen (secondary N) is 3. The normalized spacial score (nSPS) is 15.5. The minimum atomic E-state index is 0. The molecular weight excluding hydrogens is 411 g/mol. The van der Waals surface area contributed by atoms with E-state index in [-0.39, 0.29) is 24.0 Å². The molecule has 132 valence electrons. The molecule has 1 aromatic carbocycles. The van der Waals surface area contributed by atoms with Crippen LogP contribution in [0.5, 0.6) is 0 Å². The molecule has 1 aliphatic carbocycles. The molecule has 1 aliphatic rings. The summed E-state index contributed by atoms with van der Waals surface area (Å²) in [5.41, 5.74) is 3.87. The lowest BCUT2D eigenvalue weighted by Gasteiger charge is -2.16. The van der Waals surface area contributed by atoms with Gasteiger partial charge < -0.3 is 15.6 Å². The van der Waals surface area contributed by atoms with Gasteiger partial charge in [0.25, 0.3) is 0 Å². The Hall–Kier alpha value is -1.24. The van der Waals surface area contributed by atoms with Crippen LogP contribution in [0.2, 0.25) is 0 Å². The topological polar surface area (TPSA) is 52.2 Å². The highest BCUT2D eigenvalue weighted by atomic mass is 127. The second kappa shape index (κ2) is 9.30. The standard InChI is InChI=1S/C19H28N4.HI/c1-3-20-19(23-15-8-4-5-9-15)21-13-12-16-14(2)22-18-11-7-6-10-17(16)18;/h6-7,10-11,15,22H,3-5,8-9,12-13H2,1-2H3,(H2,20,21,23);1H. The highest BCUT2D eigenvalue weighted by molar-refractivity contribution is 14.0. The Labute approximate surface area is 161 Å². The van der Waals surface area contributed by atoms with Gasteiger partial charge in [-0.15, -0.1) is 24.0 Å². The van der Waals surface area contributed by atoms with Crippen LogP contribution in [0, 0.1) is 6.92 Å². The van der Waals surface area contributed by atoms with Crippen LogP contribution in [0.25, 0.3) is 10.9 Å². The number of rotatable bonds is 5. The minimum Gasteiger partial charge on any atom is -0.358 e. The summed E-state index contributed by atoms with van der Waals surface area (Å²) < 4.78 is 0. The number of aromatic nitrogens is 1. The van der Waals surface area contributed by atoms with Gasteiger partial charge >= 0.3 is 0 Å². The lowest BCUT2D eigenvalue weighted by atomic mass is 10.1. The minimum absolute atomic E-state index is 0. The fourth-order valence-electron chi connectivity index (χ4n) is 3.52. The highest BCUT2D eigenvalue weighted by Gasteiger charge is 2.15. The van der Waals surface area contributed by atoms with Crippen LogP contribution in [0.4, 0.5) is 0 Å². The van der Waals surface area contributed by atoms with Gasteiger partial charge in [-0.1, -0.05) is 31.0 Å². The molecule has 0 atom stereocenters. The fraction of sp³-hybridized carbons (Fsp3) is 0.526. The van der Waals surface area contributed by atoms with Crippen LogP contribution in [0.3, 0.4) is 0 Å². The summed E-state index contributed by atoms with van der Waals surface area (Å²) in [6.07, 6.45) is 6.19. The predicted molar refractivity (Wildman–Crippen MR) is 114 cm³/mol. The van der Waals surface area contributed by atoms with Crippen molar-refractivity contribution >= 4 is 40.8 Å². The zero-order chi connectivity index (χ0) is 16.1. The molecule has 0 aliphatic heterocycles. The molecule has 1 aromatic heterocycles. The maximum absolute atomic E-state index is 4.78. The van der Waals surface area contributed by atoms with Crippen molar-refractivity contribution in [3.8, 4) is 0 Å². The van der Waals surface area contributed by atoms with Gasteiger partial charge in [0, 0.05) is 35.7 Å². The Morgan fingerprint density at radius 2 is 2.00 bits per heavy atom. The summed E-state index contributed by atoms with van der Waals surface area (Å²) in [5.74, 6) is 0.969. The number of hydrogen-bond acceptors (Lipinski definition) is 1. The maximum Gasteiger partial charge on any atom is 0.191 e. The summed E-state index contributed by atoms with van der Waals surface area (Å²) in [6, 6.07) is 9.12. The van der Waals surface area contributed by atoms with Crippen molar-refractivity contribution in [1.29, 1.82) is 0 Å². The lowest BCUT2D eigenvalue weighted by molar-refractivity contribution is 0.614. The van der Waals surface area contributed by atoms with Crippen LogP contribution in [-0.2, 0) is 6.42 Å². The van der Waals surface area contributed by atoms with Gasteiger partial charge in [0.05, 0.1) is 0 Å². The van der Waals surface area contributed by atoms with Crippen molar-refractivity contribution in [1.82, 2.24) is 15.6 Å². The van der Waals surface area contributed by atoms with Crippen LogP contribution in [-0.4, -0.2) is 30.1 Å². The van der Waals surface area contributed by atoms with Gasteiger partial charge in [-0.2, -0.15) is 0 Å². The molecule has 2 aromatic rings. The highest BCUT2D eigenvalue weighted by Crippen LogP contribution is 2.22. The van der Waals surface area contributed by atoms with Gasteiger partial charge in [0.15, 0.2) is 5.96 Å². The third-order valence-electron chi connectivity index (χ3n) is 4.70. The Morgan fingerprint density at radius 1 is 1.25 bits per heavy atom. The second-order valence-corrected chi connectivity index (χ2v) is 6.41. The molecule has 0 amide bonds. The van der Waals surface area contributed by atoms with Crippen molar-refractivity contribution < 1.29 is 0 Å². The van der Waals surface area contributed by atoms with Gasteiger partial charge in [-0.25, -0.2) is 0 Å². The first-order valence-corrected chi connectivity index (χ1v) is 8.89. The molecule has 0 spiro atoms. The van der Waals surface area contributed by atoms with Crippen molar-refractivity contribution in [2.24, 2.45) is 4.99 Å². The van der Waals surface area contributed by atoms with Gasteiger partial charge in [-0.3, -0.25) is 4.99 Å². The maximum atomic E-state index is 4.78. The number of aryl methyl sites for hydroxylation is 1. The van der Waals surface area contributed by atoms with Crippen molar-refractivity contribution in [2.75, 3.05) is 13.1 Å². The number of para-hydroxylation sites is 1. The van der Waals surface area contributed by atoms with Crippen molar-refractivity contribution in [3.63, 3.8) is 0 Å². The summed E-state index contributed by atoms with van der Waals surface area (Å²) in [4.78, 5) is 8.25. The van der Waals surface area contributed by atoms with E-state index in [1.165, 1.54) is 47.8 Å². The van der Waals surface area contributed by atoms with E-state index in [2.05, 4.69) is 53.7 Å². The number of halogens is 1. The molecule has 24 heavy (non-hydrogen) atoms. The molecule has 1 heterocycles. The van der Waals surface area contributed by atoms with Crippen LogP contribution >= 0.6 is 24.0 Å². The van der Waals surface area contributed by atoms with E-state index in [1.807, 2.05) is 0 Å². The molecule has 1 saturated carbocycles. The second-order valence-electron chi connectivity index (χ2n) is 6.41. The molecule has 1 fully saturated rings. The molecule has 5 heteroatoms. The lowest BCUT2D eigenvalue weighted by Crippen LogP contribution is -2.42. The number of H-pyrrole nitrogens is 1. The van der Waals surface area contributed by atoms with E-state index in [1.54, 1.807) is 0 Å². The number of aliphatic imine (C=N–C) groups is 1. The van der Waals surface area contributed by atoms with Gasteiger partial charge in [0.2, 0.25) is 0 Å². The van der Waals surface area contributed by atoms with Crippen LogP contribution < -0.4 is 10.6 Å². The molecule has 3 rings (SSSR count). The van der Waals surface area contributed by atoms with E-state index in [0.29, 0.717) is 6.04 Å². The first-order chi connectivity index (χ1) is 11.3. The molecule has 0 bridgehead atoms. The molecule has 3 N–H and O–H groups in total. The average Bonchev–Trinajstić information content (AvgIpc) is 3.15. The Kier molecular flexibility index (Phi) is 7.40. The SMILES string of the molecule is CCNC(=NCCc1c(C)[nH]c2ccccc12)NC1CCCC1.I. The summed E-state index contributed by atoms with van der Waals surface area (Å²) in [5, 5.41) is 8.28. The first kappa shape index (κ1) is 19.1. The molecule has 4 nitrogen and oxygen atoms in total. The van der Waals surface area contributed by atoms with E-state index in [4.69, 9.17) is 4.99 Å². The smallest absolute Gasteiger partial charge is 0.191 e. The quantitative estimate of drug-likeness (QED) is 0.372. The number of aromatic amines is 1. The van der Waals surface area contributed by atoms with E-state index < -0.39 is 0 Å². The number of hydrogen-bond donors (Lipinski definition) is 3. The third-order valence-corrected chi connectivity index (χ3v) is 4.70. The average molecular weight is 440 g/mol. The molecule has 0 unspecified atom stereocenters. The van der Waals surface area contributed by atoms with E-state index >= 15 is 0 Å². The zero-order valence-corrected chi connectivity index (χ0v) is 17.0. The van der Waals surface area contributed by atoms with Gasteiger partial charge in [-0.05, 0) is 44.7 Å². The number of benzene rings is 1. The Balaban J connectivity index is 0.00000208. The monoisotopic (exact) mass is 440 g/mol. The van der Waals surface area contributed by atoms with Crippen molar-refractivity contribution in [2.45, 2.75) is 52.0 Å². The first-order valence-electron chi connectivity index (χ1n) is 8.89. The Morgan fingerprint density at radius 3 is 2.75 bits per heavy atom. The summed E-state index contributed by atoms with van der Waals surface area (Å²) in [7, 11) is 0. The van der Waals surface area contributed by atoms with E-state index in [0.717, 1.165) is 25.5 Å². The largest absolute Gasteiger partial charge is 0.358 e. The summed E-state index contributed by atoms with van der Waals surface area (Å²) >= 11 is 0. The predicted octanol–water partition coefficient (Wildman–Crippen LogP) is 4.13. The molecule has 0 radical (unpaired) electrons. The third kappa shape index (κ3) is 4.65. The number of guanidine groups is 1. The molecule has 0 saturated heterocycles. The van der Waals surface area contributed by atoms with Gasteiger partial charge in [0.1, 0.15) is 0 Å². The summed E-state index contributed by atoms with van der Waals surface area (Å²) in [6.45, 7) is 5.99. The number of nitrogens with zero attached hydrogens (tertiary/aromatic N) is 1. The van der Waals surface area contributed by atoms with E-state index in [9.17, 15) is 0 Å². The Bertz CT molecular complexity index is 671. The van der Waals surface area contributed by atoms with Crippen molar-refractivity contribution in [3.05, 3.63) is 35.5 Å². The van der Waals surface area contributed by atoms with Crippen LogP contribution in [0.1, 0.15) is 43.9 Å².